The molecule has 8 nitrogen and oxygen atoms in total. The van der Waals surface area contributed by atoms with Gasteiger partial charge in [-0.15, -0.1) is 0 Å². The maximum absolute atomic E-state index is 13.7. The molecule has 1 fully saturated rings. The SMILES string of the molecule is COCOc1cc(OCOC)c(C(=O)N2Cc3ccccc3C2C(=O)NC2CC2)cc1Cl. The molecule has 1 saturated carbocycles. The van der Waals surface area contributed by atoms with E-state index in [-0.39, 0.29) is 47.8 Å². The smallest absolute Gasteiger partial charge is 0.258 e. The Hall–Kier alpha value is -2.81. The van der Waals surface area contributed by atoms with Crippen molar-refractivity contribution < 1.29 is 28.5 Å². The van der Waals surface area contributed by atoms with Crippen LogP contribution in [0.2, 0.25) is 5.02 Å². The largest absolute Gasteiger partial charge is 0.467 e. The van der Waals surface area contributed by atoms with E-state index in [4.69, 9.17) is 30.5 Å². The van der Waals surface area contributed by atoms with Crippen molar-refractivity contribution in [2.24, 2.45) is 0 Å². The summed E-state index contributed by atoms with van der Waals surface area (Å²) in [6.07, 6.45) is 1.92. The summed E-state index contributed by atoms with van der Waals surface area (Å²) in [4.78, 5) is 28.3. The van der Waals surface area contributed by atoms with Crippen molar-refractivity contribution in [3.05, 3.63) is 58.1 Å². The molecule has 2 aromatic carbocycles. The van der Waals surface area contributed by atoms with Crippen LogP contribution in [0.4, 0.5) is 0 Å². The highest BCUT2D eigenvalue weighted by Gasteiger charge is 2.41. The molecule has 0 saturated heterocycles. The molecule has 0 radical (unpaired) electrons. The predicted octanol–water partition coefficient (Wildman–Crippen LogP) is 3.28. The zero-order chi connectivity index (χ0) is 22.7. The van der Waals surface area contributed by atoms with E-state index in [1.165, 1.54) is 26.4 Å². The lowest BCUT2D eigenvalue weighted by Gasteiger charge is -2.26. The van der Waals surface area contributed by atoms with Crippen molar-refractivity contribution in [3.63, 3.8) is 0 Å². The minimum atomic E-state index is -0.724. The standard InChI is InChI=1S/C23H25ClN2O6/c1-29-12-31-19-10-20(32-13-30-2)18(24)9-17(19)23(28)26-11-14-5-3-4-6-16(14)21(26)22(27)25-15-7-8-15/h3-6,9-10,15,21H,7-8,11-13H2,1-2H3,(H,25,27). The van der Waals surface area contributed by atoms with Crippen molar-refractivity contribution in [2.75, 3.05) is 27.8 Å². The Morgan fingerprint density at radius 2 is 1.75 bits per heavy atom. The molecular formula is C23H25ClN2O6. The van der Waals surface area contributed by atoms with Crippen LogP contribution in [0.5, 0.6) is 11.5 Å². The molecule has 0 bridgehead atoms. The molecule has 0 aromatic heterocycles. The molecule has 1 aliphatic carbocycles. The Morgan fingerprint density at radius 3 is 2.44 bits per heavy atom. The molecule has 1 N–H and O–H groups in total. The van der Waals surface area contributed by atoms with Gasteiger partial charge >= 0.3 is 0 Å². The van der Waals surface area contributed by atoms with E-state index in [1.54, 1.807) is 4.90 Å². The molecule has 4 rings (SSSR count). The third-order valence-corrected chi connectivity index (χ3v) is 5.66. The minimum Gasteiger partial charge on any atom is -0.467 e. The van der Waals surface area contributed by atoms with Crippen LogP contribution in [-0.4, -0.2) is 50.6 Å². The first-order valence-electron chi connectivity index (χ1n) is 10.3. The van der Waals surface area contributed by atoms with E-state index in [2.05, 4.69) is 5.32 Å². The summed E-state index contributed by atoms with van der Waals surface area (Å²) >= 11 is 6.37. The van der Waals surface area contributed by atoms with E-state index >= 15 is 0 Å². The molecule has 2 amide bonds. The highest BCUT2D eigenvalue weighted by molar-refractivity contribution is 6.32. The van der Waals surface area contributed by atoms with Gasteiger partial charge in [-0.2, -0.15) is 0 Å². The number of methoxy groups -OCH3 is 2. The molecule has 1 heterocycles. The Balaban J connectivity index is 1.68. The maximum atomic E-state index is 13.7. The number of amides is 2. The van der Waals surface area contributed by atoms with E-state index in [0.717, 1.165) is 24.0 Å². The van der Waals surface area contributed by atoms with Crippen molar-refractivity contribution in [3.8, 4) is 11.5 Å². The number of benzene rings is 2. The van der Waals surface area contributed by atoms with Gasteiger partial charge in [-0.3, -0.25) is 9.59 Å². The third-order valence-electron chi connectivity index (χ3n) is 5.36. The molecule has 9 heteroatoms. The van der Waals surface area contributed by atoms with Gasteiger partial charge in [0.2, 0.25) is 5.91 Å². The van der Waals surface area contributed by atoms with Crippen molar-refractivity contribution in [2.45, 2.75) is 31.5 Å². The highest BCUT2D eigenvalue weighted by atomic mass is 35.5. The molecular weight excluding hydrogens is 436 g/mol. The summed E-state index contributed by atoms with van der Waals surface area (Å²) in [5.74, 6) is -0.00619. The molecule has 0 spiro atoms. The van der Waals surface area contributed by atoms with Crippen molar-refractivity contribution >= 4 is 23.4 Å². The zero-order valence-electron chi connectivity index (χ0n) is 17.9. The Morgan fingerprint density at radius 1 is 1.06 bits per heavy atom. The summed E-state index contributed by atoms with van der Waals surface area (Å²) in [6.45, 7) is 0.222. The van der Waals surface area contributed by atoms with E-state index in [0.29, 0.717) is 12.3 Å². The van der Waals surface area contributed by atoms with Gasteiger partial charge in [0.05, 0.1) is 10.6 Å². The first-order chi connectivity index (χ1) is 15.5. The van der Waals surface area contributed by atoms with Gasteiger partial charge in [-0.05, 0) is 30.0 Å². The summed E-state index contributed by atoms with van der Waals surface area (Å²) in [5.41, 5.74) is 1.97. The van der Waals surface area contributed by atoms with Gasteiger partial charge in [0.1, 0.15) is 17.5 Å². The number of rotatable bonds is 9. The Kier molecular flexibility index (Phi) is 6.83. The minimum absolute atomic E-state index is 0.0123. The number of hydrogen-bond acceptors (Lipinski definition) is 6. The lowest BCUT2D eigenvalue weighted by Crippen LogP contribution is -2.40. The molecule has 2 aliphatic rings. The molecule has 32 heavy (non-hydrogen) atoms. The van der Waals surface area contributed by atoms with Gasteiger partial charge in [0.25, 0.3) is 5.91 Å². The third kappa shape index (κ3) is 4.67. The van der Waals surface area contributed by atoms with Crippen LogP contribution in [0.25, 0.3) is 0 Å². The monoisotopic (exact) mass is 460 g/mol. The molecule has 2 aromatic rings. The molecule has 1 aliphatic heterocycles. The average molecular weight is 461 g/mol. The number of ether oxygens (including phenoxy) is 4. The van der Waals surface area contributed by atoms with Gasteiger partial charge < -0.3 is 29.2 Å². The Bertz CT molecular complexity index is 1010. The molecule has 170 valence electrons. The number of nitrogens with one attached hydrogen (secondary N) is 1. The summed E-state index contributed by atoms with van der Waals surface area (Å²) in [6, 6.07) is 10.0. The fraction of sp³-hybridized carbons (Fsp3) is 0.391. The first kappa shape index (κ1) is 22.4. The van der Waals surface area contributed by atoms with Crippen LogP contribution in [-0.2, 0) is 20.8 Å². The topological polar surface area (TPSA) is 86.3 Å². The first-order valence-corrected chi connectivity index (χ1v) is 10.7. The Labute approximate surface area is 191 Å². The van der Waals surface area contributed by atoms with Gasteiger partial charge in [0, 0.05) is 32.9 Å². The average Bonchev–Trinajstić information content (AvgIpc) is 3.52. The quantitative estimate of drug-likeness (QED) is 0.578. The van der Waals surface area contributed by atoms with E-state index in [1.807, 2.05) is 24.3 Å². The molecule has 1 atom stereocenters. The second kappa shape index (κ2) is 9.77. The number of nitrogens with zero attached hydrogens (tertiary/aromatic N) is 1. The van der Waals surface area contributed by atoms with Crippen LogP contribution in [0.3, 0.4) is 0 Å². The van der Waals surface area contributed by atoms with Gasteiger partial charge in [0.15, 0.2) is 13.6 Å². The van der Waals surface area contributed by atoms with Crippen LogP contribution in [0, 0.1) is 0 Å². The van der Waals surface area contributed by atoms with Crippen LogP contribution < -0.4 is 14.8 Å². The number of halogens is 1. The normalized spacial score (nSPS) is 17.1. The number of hydrogen-bond donors (Lipinski definition) is 1. The van der Waals surface area contributed by atoms with Crippen LogP contribution in [0.15, 0.2) is 36.4 Å². The fourth-order valence-electron chi connectivity index (χ4n) is 3.70. The predicted molar refractivity (Wildman–Crippen MR) is 117 cm³/mol. The second-order valence-electron chi connectivity index (χ2n) is 7.70. The van der Waals surface area contributed by atoms with E-state index < -0.39 is 6.04 Å². The number of fused-ring (bicyclic) bond motifs is 1. The lowest BCUT2D eigenvalue weighted by atomic mass is 10.0. The number of carbonyl (C=O) groups is 2. The van der Waals surface area contributed by atoms with E-state index in [9.17, 15) is 9.59 Å². The van der Waals surface area contributed by atoms with Gasteiger partial charge in [-0.1, -0.05) is 35.9 Å². The van der Waals surface area contributed by atoms with Crippen molar-refractivity contribution in [1.29, 1.82) is 0 Å². The molecule has 1 unspecified atom stereocenters. The summed E-state index contributed by atoms with van der Waals surface area (Å²) in [7, 11) is 2.97. The fourth-order valence-corrected chi connectivity index (χ4v) is 3.92. The summed E-state index contributed by atoms with van der Waals surface area (Å²) < 4.78 is 21.0. The van der Waals surface area contributed by atoms with Crippen molar-refractivity contribution in [1.82, 2.24) is 10.2 Å². The maximum Gasteiger partial charge on any atom is 0.258 e. The lowest BCUT2D eigenvalue weighted by molar-refractivity contribution is -0.125. The number of carbonyl (C=O) groups excluding carboxylic acids is 2. The van der Waals surface area contributed by atoms with Gasteiger partial charge in [-0.25, -0.2) is 0 Å². The van der Waals surface area contributed by atoms with Crippen LogP contribution in [0.1, 0.15) is 40.4 Å². The van der Waals surface area contributed by atoms with Crippen LogP contribution >= 0.6 is 11.6 Å². The summed E-state index contributed by atoms with van der Waals surface area (Å²) in [5, 5.41) is 3.25. The second-order valence-corrected chi connectivity index (χ2v) is 8.10. The highest BCUT2D eigenvalue weighted by Crippen LogP contribution is 2.39. The zero-order valence-corrected chi connectivity index (χ0v) is 18.7.